The van der Waals surface area contributed by atoms with Gasteiger partial charge < -0.3 is 15.3 Å². The molecule has 6 heteroatoms. The molecule has 1 aromatic carbocycles. The number of hydrogen-bond acceptors (Lipinski definition) is 3. The Morgan fingerprint density at radius 2 is 1.63 bits per heavy atom. The van der Waals surface area contributed by atoms with Crippen LogP contribution in [0.5, 0.6) is 0 Å². The number of halogens is 1. The molecule has 0 saturated heterocycles. The number of nitrogens with zero attached hydrogens (tertiary/aromatic N) is 1. The maximum Gasteiger partial charge on any atom is 0.338 e. The maximum atomic E-state index is 14.9. The molecule has 282 valence electrons. The smallest absolute Gasteiger partial charge is 0.338 e. The molecule has 1 amide bonds. The molecule has 0 bridgehead atoms. The number of carbonyl (C=O) groups excluding carboxylic acids is 1. The van der Waals surface area contributed by atoms with E-state index in [1.807, 2.05) is 0 Å². The van der Waals surface area contributed by atoms with E-state index in [0.29, 0.717) is 35.5 Å². The number of fused-ring (bicyclic) bond motifs is 7. The molecule has 0 unspecified atom stereocenters. The molecule has 0 spiro atoms. The summed E-state index contributed by atoms with van der Waals surface area (Å²) >= 11 is 0. The summed E-state index contributed by atoms with van der Waals surface area (Å²) in [7, 11) is 0. The van der Waals surface area contributed by atoms with Gasteiger partial charge in [0, 0.05) is 13.1 Å². The molecular formula is C45H67FN2O3. The third-order valence-corrected chi connectivity index (χ3v) is 16.4. The molecule has 5 aliphatic carbocycles. The van der Waals surface area contributed by atoms with Crippen molar-refractivity contribution in [1.82, 2.24) is 10.2 Å². The largest absolute Gasteiger partial charge is 0.478 e. The molecule has 51 heavy (non-hydrogen) atoms. The van der Waals surface area contributed by atoms with Crippen LogP contribution in [0.3, 0.4) is 0 Å². The standard InChI is InChI=1S/C45H67FN2O3/c1-10-25-48(26-11-2)27-24-47-40(51)45-21-16-31(29(3)4)38(45)34-14-15-37-42(7)19-17-33(30-12-13-32(39(49)50)35(46)28-30)41(5,6)36(42)18-20-44(37,9)43(34,8)22-23-45/h12-13,17,28,31,34,36-38H,3,10-11,14-16,18-27H2,1-2,4-9H3,(H,47,51)(H,49,50)/t31-,34+,36-,37+,38+,42-,43+,44+,45-/m0/s1. The zero-order valence-electron chi connectivity index (χ0n) is 33.1. The van der Waals surface area contributed by atoms with Crippen LogP contribution in [0.2, 0.25) is 0 Å². The fourth-order valence-electron chi connectivity index (χ4n) is 14.0. The first-order valence-electron chi connectivity index (χ1n) is 20.4. The third kappa shape index (κ3) is 5.87. The van der Waals surface area contributed by atoms with Crippen LogP contribution < -0.4 is 5.32 Å². The molecule has 0 aliphatic heterocycles. The number of benzene rings is 1. The van der Waals surface area contributed by atoms with Gasteiger partial charge in [-0.05, 0) is 165 Å². The van der Waals surface area contributed by atoms with Gasteiger partial charge >= 0.3 is 5.97 Å². The van der Waals surface area contributed by atoms with Crippen molar-refractivity contribution in [2.75, 3.05) is 26.2 Å². The van der Waals surface area contributed by atoms with Crippen molar-refractivity contribution in [1.29, 1.82) is 0 Å². The van der Waals surface area contributed by atoms with Crippen molar-refractivity contribution < 1.29 is 19.1 Å². The van der Waals surface area contributed by atoms with E-state index < -0.39 is 11.8 Å². The Morgan fingerprint density at radius 3 is 2.25 bits per heavy atom. The summed E-state index contributed by atoms with van der Waals surface area (Å²) in [6, 6.07) is 4.67. The molecule has 9 atom stereocenters. The first-order chi connectivity index (χ1) is 24.0. The number of aromatic carboxylic acids is 1. The minimum Gasteiger partial charge on any atom is -0.478 e. The lowest BCUT2D eigenvalue weighted by molar-refractivity contribution is -0.225. The van der Waals surface area contributed by atoms with Gasteiger partial charge in [-0.3, -0.25) is 4.79 Å². The van der Waals surface area contributed by atoms with E-state index in [-0.39, 0.29) is 32.6 Å². The van der Waals surface area contributed by atoms with E-state index in [4.69, 9.17) is 0 Å². The highest BCUT2D eigenvalue weighted by molar-refractivity contribution is 5.88. The first-order valence-corrected chi connectivity index (χ1v) is 20.4. The Hall–Kier alpha value is -2.47. The van der Waals surface area contributed by atoms with Gasteiger partial charge in [-0.25, -0.2) is 9.18 Å². The average molecular weight is 703 g/mol. The van der Waals surface area contributed by atoms with Gasteiger partial charge in [0.2, 0.25) is 5.91 Å². The highest BCUT2D eigenvalue weighted by Gasteiger charge is 2.71. The van der Waals surface area contributed by atoms with Gasteiger partial charge in [0.1, 0.15) is 5.82 Å². The summed E-state index contributed by atoms with van der Waals surface area (Å²) < 4.78 is 14.9. The van der Waals surface area contributed by atoms with Crippen LogP contribution in [0.4, 0.5) is 4.39 Å². The SMILES string of the molecule is C=C(C)[C@@H]1CC[C@]2(C(=O)NCCN(CCC)CCC)CC[C@]3(C)[C@H](CC[C@@H]4[C@@]5(C)CC=C(c6ccc(C(=O)O)c(F)c6)C(C)(C)[C@@H]5CC[C@]43C)[C@@H]12. The number of amides is 1. The number of carboxylic acid groups (broad SMARTS) is 1. The maximum absolute atomic E-state index is 14.9. The Kier molecular flexibility index (Phi) is 10.3. The van der Waals surface area contributed by atoms with Gasteiger partial charge in [-0.1, -0.05) is 72.8 Å². The van der Waals surface area contributed by atoms with Gasteiger partial charge in [0.25, 0.3) is 0 Å². The van der Waals surface area contributed by atoms with Crippen LogP contribution >= 0.6 is 0 Å². The van der Waals surface area contributed by atoms with Gasteiger partial charge in [0.05, 0.1) is 11.0 Å². The van der Waals surface area contributed by atoms with Crippen LogP contribution in [-0.4, -0.2) is 48.1 Å². The molecule has 6 rings (SSSR count). The fourth-order valence-corrected chi connectivity index (χ4v) is 14.0. The van der Waals surface area contributed by atoms with E-state index in [1.54, 1.807) is 6.07 Å². The predicted octanol–water partition coefficient (Wildman–Crippen LogP) is 10.4. The first kappa shape index (κ1) is 38.3. The number of hydrogen-bond donors (Lipinski definition) is 2. The molecule has 4 saturated carbocycles. The highest BCUT2D eigenvalue weighted by Crippen LogP contribution is 2.77. The molecule has 4 fully saturated rings. The van der Waals surface area contributed by atoms with Gasteiger partial charge in [0.15, 0.2) is 0 Å². The summed E-state index contributed by atoms with van der Waals surface area (Å²) in [6.45, 7) is 27.5. The zero-order chi connectivity index (χ0) is 37.1. The fraction of sp³-hybridized carbons (Fsp3) is 0.733. The molecule has 2 N–H and O–H groups in total. The van der Waals surface area contributed by atoms with Crippen molar-refractivity contribution in [3.8, 4) is 0 Å². The second-order valence-electron chi connectivity index (χ2n) is 19.0. The Labute approximate surface area is 308 Å². The summed E-state index contributed by atoms with van der Waals surface area (Å²) in [6.07, 6.45) is 14.4. The molecule has 0 radical (unpaired) electrons. The normalized spacial score (nSPS) is 38.2. The summed E-state index contributed by atoms with van der Waals surface area (Å²) in [5.74, 6) is 0.661. The number of rotatable bonds is 11. The summed E-state index contributed by atoms with van der Waals surface area (Å²) in [5, 5.41) is 12.9. The van der Waals surface area contributed by atoms with E-state index in [2.05, 4.69) is 78.3 Å². The van der Waals surface area contributed by atoms with Crippen LogP contribution in [0, 0.1) is 62.5 Å². The third-order valence-electron chi connectivity index (χ3n) is 16.4. The van der Waals surface area contributed by atoms with Gasteiger partial charge in [-0.2, -0.15) is 0 Å². The van der Waals surface area contributed by atoms with E-state index in [1.165, 1.54) is 37.0 Å². The molecular weight excluding hydrogens is 636 g/mol. The summed E-state index contributed by atoms with van der Waals surface area (Å²) in [4.78, 5) is 28.6. The predicted molar refractivity (Wildman–Crippen MR) is 206 cm³/mol. The summed E-state index contributed by atoms with van der Waals surface area (Å²) in [5.41, 5.74) is 2.88. The van der Waals surface area contributed by atoms with E-state index in [9.17, 15) is 19.1 Å². The van der Waals surface area contributed by atoms with Crippen molar-refractivity contribution >= 4 is 17.4 Å². The Balaban J connectivity index is 1.29. The monoisotopic (exact) mass is 703 g/mol. The van der Waals surface area contributed by atoms with Crippen molar-refractivity contribution in [3.63, 3.8) is 0 Å². The minimum atomic E-state index is -1.23. The molecule has 1 aromatic rings. The van der Waals surface area contributed by atoms with E-state index >= 15 is 0 Å². The highest BCUT2D eigenvalue weighted by atomic mass is 19.1. The van der Waals surface area contributed by atoms with Crippen molar-refractivity contribution in [2.24, 2.45) is 56.7 Å². The van der Waals surface area contributed by atoms with Crippen LogP contribution in [-0.2, 0) is 4.79 Å². The molecule has 5 nitrogen and oxygen atoms in total. The van der Waals surface area contributed by atoms with Crippen molar-refractivity contribution in [3.05, 3.63) is 53.4 Å². The Bertz CT molecular complexity index is 1560. The van der Waals surface area contributed by atoms with Crippen molar-refractivity contribution in [2.45, 2.75) is 126 Å². The second kappa shape index (κ2) is 13.7. The van der Waals surface area contributed by atoms with Crippen LogP contribution in [0.25, 0.3) is 5.57 Å². The molecule has 0 heterocycles. The lowest BCUT2D eigenvalue weighted by Gasteiger charge is -2.72. The lowest BCUT2D eigenvalue weighted by atomic mass is 9.32. The second-order valence-corrected chi connectivity index (χ2v) is 19.0. The lowest BCUT2D eigenvalue weighted by Crippen LogP contribution is -2.66. The number of carboxylic acids is 1. The van der Waals surface area contributed by atoms with E-state index in [0.717, 1.165) is 88.7 Å². The van der Waals surface area contributed by atoms with Crippen LogP contribution in [0.1, 0.15) is 142 Å². The topological polar surface area (TPSA) is 69.6 Å². The average Bonchev–Trinajstić information content (AvgIpc) is 3.46. The quantitative estimate of drug-likeness (QED) is 0.225. The number of nitrogens with one attached hydrogen (secondary N) is 1. The number of carbonyl (C=O) groups is 2. The Morgan fingerprint density at radius 1 is 0.922 bits per heavy atom. The zero-order valence-corrected chi connectivity index (χ0v) is 33.1. The van der Waals surface area contributed by atoms with Crippen LogP contribution in [0.15, 0.2) is 36.4 Å². The van der Waals surface area contributed by atoms with Gasteiger partial charge in [-0.15, -0.1) is 0 Å². The minimum absolute atomic E-state index is 0.103. The number of allylic oxidation sites excluding steroid dienone is 3. The molecule has 0 aromatic heterocycles. The molecule has 5 aliphatic rings.